The van der Waals surface area contributed by atoms with Gasteiger partial charge < -0.3 is 0 Å². The zero-order chi connectivity index (χ0) is 11.2. The van der Waals surface area contributed by atoms with E-state index in [9.17, 15) is 0 Å². The minimum atomic E-state index is 0.718. The maximum Gasteiger partial charge on any atom is -0.0269 e. The topological polar surface area (TPSA) is 0 Å². The Morgan fingerprint density at radius 2 is 1.87 bits per heavy atom. The van der Waals surface area contributed by atoms with E-state index in [2.05, 4.69) is 34.6 Å². The van der Waals surface area contributed by atoms with Gasteiger partial charge in [0.2, 0.25) is 0 Å². The Morgan fingerprint density at radius 3 is 2.27 bits per heavy atom. The molecule has 0 spiro atoms. The van der Waals surface area contributed by atoms with Gasteiger partial charge in [-0.25, -0.2) is 0 Å². The molecular weight excluding hydrogens is 180 g/mol. The predicted molar refractivity (Wildman–Crippen MR) is 66.7 cm³/mol. The van der Waals surface area contributed by atoms with Crippen molar-refractivity contribution in [3.63, 3.8) is 0 Å². The molecule has 6 atom stereocenters. The largest absolute Gasteiger partial charge is 0.0651 e. The summed E-state index contributed by atoms with van der Waals surface area (Å²) in [6, 6.07) is 0. The van der Waals surface area contributed by atoms with Crippen LogP contribution < -0.4 is 0 Å². The van der Waals surface area contributed by atoms with Crippen molar-refractivity contribution in [1.29, 1.82) is 0 Å². The lowest BCUT2D eigenvalue weighted by molar-refractivity contribution is 0.289. The molecule has 0 nitrogen and oxygen atoms in total. The van der Waals surface area contributed by atoms with Crippen LogP contribution >= 0.6 is 0 Å². The van der Waals surface area contributed by atoms with E-state index in [1.807, 2.05) is 0 Å². The van der Waals surface area contributed by atoms with Gasteiger partial charge in [-0.05, 0) is 47.8 Å². The average Bonchev–Trinajstić information content (AvgIpc) is 3.06. The number of hydrogen-bond acceptors (Lipinski definition) is 0. The molecule has 0 saturated heterocycles. The molecule has 2 aliphatic carbocycles. The summed E-state index contributed by atoms with van der Waals surface area (Å²) in [6.07, 6.45) is 5.82. The number of rotatable bonds is 5. The summed E-state index contributed by atoms with van der Waals surface area (Å²) >= 11 is 0. The Balaban J connectivity index is 1.82. The van der Waals surface area contributed by atoms with E-state index in [1.165, 1.54) is 25.7 Å². The van der Waals surface area contributed by atoms with Gasteiger partial charge in [-0.2, -0.15) is 0 Å². The molecule has 15 heavy (non-hydrogen) atoms. The van der Waals surface area contributed by atoms with E-state index in [4.69, 9.17) is 0 Å². The highest BCUT2D eigenvalue weighted by molar-refractivity contribution is 5.04. The van der Waals surface area contributed by atoms with Crippen LogP contribution in [0.2, 0.25) is 0 Å². The molecule has 6 unspecified atom stereocenters. The Labute approximate surface area is 95.8 Å². The third kappa shape index (κ3) is 1.85. The SMILES string of the molecule is CCC1C(C)C1CC(C)C1(C)CC1CC. The molecule has 0 aromatic rings. The molecule has 2 aliphatic rings. The van der Waals surface area contributed by atoms with Gasteiger partial charge >= 0.3 is 0 Å². The lowest BCUT2D eigenvalue weighted by Crippen LogP contribution is -2.12. The first-order valence-electron chi connectivity index (χ1n) is 7.04. The van der Waals surface area contributed by atoms with Crippen molar-refractivity contribution in [1.82, 2.24) is 0 Å². The zero-order valence-corrected chi connectivity index (χ0v) is 11.2. The molecule has 0 bridgehead atoms. The highest BCUT2D eigenvalue weighted by Gasteiger charge is 2.54. The summed E-state index contributed by atoms with van der Waals surface area (Å²) in [5, 5.41) is 0. The van der Waals surface area contributed by atoms with Crippen molar-refractivity contribution in [2.75, 3.05) is 0 Å². The van der Waals surface area contributed by atoms with Gasteiger partial charge in [0.05, 0.1) is 0 Å². The molecule has 0 heteroatoms. The Kier molecular flexibility index (Phi) is 2.90. The minimum Gasteiger partial charge on any atom is -0.0651 e. The van der Waals surface area contributed by atoms with Crippen molar-refractivity contribution >= 4 is 0 Å². The van der Waals surface area contributed by atoms with Crippen molar-refractivity contribution in [3.8, 4) is 0 Å². The van der Waals surface area contributed by atoms with Crippen LogP contribution in [0.4, 0.5) is 0 Å². The first-order valence-corrected chi connectivity index (χ1v) is 7.04. The highest BCUT2D eigenvalue weighted by atomic mass is 14.6. The highest BCUT2D eigenvalue weighted by Crippen LogP contribution is 2.63. The molecule has 0 heterocycles. The van der Waals surface area contributed by atoms with Gasteiger partial charge in [-0.1, -0.05) is 47.5 Å². The van der Waals surface area contributed by atoms with Gasteiger partial charge in [0.25, 0.3) is 0 Å². The fraction of sp³-hybridized carbons (Fsp3) is 1.00. The van der Waals surface area contributed by atoms with Gasteiger partial charge in [0, 0.05) is 0 Å². The first-order chi connectivity index (χ1) is 7.04. The summed E-state index contributed by atoms with van der Waals surface area (Å²) in [5.74, 6) is 5.17. The van der Waals surface area contributed by atoms with Gasteiger partial charge in [0.15, 0.2) is 0 Å². The lowest BCUT2D eigenvalue weighted by atomic mass is 9.85. The molecule has 0 aliphatic heterocycles. The second kappa shape index (κ2) is 3.79. The van der Waals surface area contributed by atoms with Crippen molar-refractivity contribution in [2.45, 2.75) is 60.3 Å². The van der Waals surface area contributed by atoms with Crippen LogP contribution in [0.5, 0.6) is 0 Å². The Hall–Kier alpha value is 0. The summed E-state index contributed by atoms with van der Waals surface area (Å²) in [5.41, 5.74) is 0.718. The van der Waals surface area contributed by atoms with Crippen LogP contribution in [0.3, 0.4) is 0 Å². The fourth-order valence-corrected chi connectivity index (χ4v) is 4.06. The fourth-order valence-electron chi connectivity index (χ4n) is 4.06. The molecule has 88 valence electrons. The molecule has 0 N–H and O–H groups in total. The normalized spacial score (nSPS) is 50.2. The summed E-state index contributed by atoms with van der Waals surface area (Å²) in [7, 11) is 0. The van der Waals surface area contributed by atoms with Crippen molar-refractivity contribution in [2.24, 2.45) is 35.0 Å². The zero-order valence-electron chi connectivity index (χ0n) is 11.2. The molecule has 2 fully saturated rings. The second-order valence-electron chi connectivity index (χ2n) is 6.55. The van der Waals surface area contributed by atoms with E-state index in [-0.39, 0.29) is 0 Å². The van der Waals surface area contributed by atoms with E-state index in [1.54, 1.807) is 0 Å². The first kappa shape index (κ1) is 11.5. The summed E-state index contributed by atoms with van der Waals surface area (Å²) in [4.78, 5) is 0. The summed E-state index contributed by atoms with van der Waals surface area (Å²) in [6.45, 7) is 12.2. The third-order valence-electron chi connectivity index (χ3n) is 5.93. The second-order valence-corrected chi connectivity index (χ2v) is 6.55. The molecule has 0 radical (unpaired) electrons. The lowest BCUT2D eigenvalue weighted by Gasteiger charge is -2.20. The number of hydrogen-bond donors (Lipinski definition) is 0. The Bertz CT molecular complexity index is 232. The van der Waals surface area contributed by atoms with E-state index in [0.29, 0.717) is 0 Å². The predicted octanol–water partition coefficient (Wildman–Crippen LogP) is 4.74. The van der Waals surface area contributed by atoms with Gasteiger partial charge in [-0.3, -0.25) is 0 Å². The monoisotopic (exact) mass is 208 g/mol. The minimum absolute atomic E-state index is 0.718. The van der Waals surface area contributed by atoms with Crippen LogP contribution in [-0.2, 0) is 0 Å². The smallest absolute Gasteiger partial charge is 0.0269 e. The quantitative estimate of drug-likeness (QED) is 0.612. The maximum atomic E-state index is 2.53. The average molecular weight is 208 g/mol. The standard InChI is InChI=1S/C15H28/c1-6-12-9-15(12,5)10(3)8-14-11(4)13(14)7-2/h10-14H,6-9H2,1-5H3. The molecular formula is C15H28. The van der Waals surface area contributed by atoms with Crippen molar-refractivity contribution < 1.29 is 0 Å². The summed E-state index contributed by atoms with van der Waals surface area (Å²) < 4.78 is 0. The molecule has 0 aromatic carbocycles. The van der Waals surface area contributed by atoms with Gasteiger partial charge in [-0.15, -0.1) is 0 Å². The maximum absolute atomic E-state index is 2.53. The van der Waals surface area contributed by atoms with Crippen LogP contribution in [0.15, 0.2) is 0 Å². The molecule has 2 rings (SSSR count). The van der Waals surface area contributed by atoms with E-state index in [0.717, 1.165) is 35.0 Å². The van der Waals surface area contributed by atoms with Crippen LogP contribution in [0.25, 0.3) is 0 Å². The molecule has 0 amide bonds. The van der Waals surface area contributed by atoms with Gasteiger partial charge in [0.1, 0.15) is 0 Å². The van der Waals surface area contributed by atoms with E-state index < -0.39 is 0 Å². The van der Waals surface area contributed by atoms with E-state index >= 15 is 0 Å². The third-order valence-corrected chi connectivity index (χ3v) is 5.93. The van der Waals surface area contributed by atoms with Crippen molar-refractivity contribution in [3.05, 3.63) is 0 Å². The molecule has 2 saturated carbocycles. The van der Waals surface area contributed by atoms with Crippen LogP contribution in [0, 0.1) is 35.0 Å². The van der Waals surface area contributed by atoms with Crippen LogP contribution in [0.1, 0.15) is 60.3 Å². The molecule has 0 aromatic heterocycles. The van der Waals surface area contributed by atoms with Crippen LogP contribution in [-0.4, -0.2) is 0 Å². The Morgan fingerprint density at radius 1 is 1.20 bits per heavy atom.